The van der Waals surface area contributed by atoms with Crippen LogP contribution in [0.4, 0.5) is 5.82 Å². The minimum Gasteiger partial charge on any atom is -0.486 e. The van der Waals surface area contributed by atoms with Crippen LogP contribution in [0.3, 0.4) is 0 Å². The summed E-state index contributed by atoms with van der Waals surface area (Å²) < 4.78 is 11.8. The molecule has 1 atom stereocenters. The van der Waals surface area contributed by atoms with E-state index in [2.05, 4.69) is 4.98 Å². The Labute approximate surface area is 101 Å². The van der Waals surface area contributed by atoms with Crippen molar-refractivity contribution < 1.29 is 9.47 Å². The molecule has 0 radical (unpaired) electrons. The summed E-state index contributed by atoms with van der Waals surface area (Å²) in [4.78, 5) is 4.04. The van der Waals surface area contributed by atoms with Gasteiger partial charge < -0.3 is 15.2 Å². The summed E-state index contributed by atoms with van der Waals surface area (Å²) in [6, 6.07) is 3.73. The number of hydrogen-bond donors (Lipinski definition) is 1. The van der Waals surface area contributed by atoms with Crippen molar-refractivity contribution in [3.8, 4) is 5.75 Å². The highest BCUT2D eigenvalue weighted by Crippen LogP contribution is 2.43. The highest BCUT2D eigenvalue weighted by atomic mass is 16.5. The van der Waals surface area contributed by atoms with Crippen LogP contribution in [-0.2, 0) is 4.74 Å². The average Bonchev–Trinajstić information content (AvgIpc) is 2.31. The minimum absolute atomic E-state index is 0.111. The van der Waals surface area contributed by atoms with Crippen molar-refractivity contribution in [1.82, 2.24) is 4.98 Å². The molecule has 1 aliphatic carbocycles. The first-order chi connectivity index (χ1) is 8.27. The summed E-state index contributed by atoms with van der Waals surface area (Å²) in [7, 11) is 0. The van der Waals surface area contributed by atoms with E-state index < -0.39 is 0 Å². The van der Waals surface area contributed by atoms with Gasteiger partial charge in [-0.2, -0.15) is 0 Å². The molecule has 3 rings (SSSR count). The SMILES string of the molecule is Nc1ncccc1OC1CCOC2(CCC2)C1. The predicted octanol–water partition coefficient (Wildman–Crippen LogP) is 2.14. The molecular weight excluding hydrogens is 216 g/mol. The summed E-state index contributed by atoms with van der Waals surface area (Å²) in [5.74, 6) is 1.18. The topological polar surface area (TPSA) is 57.4 Å². The molecule has 2 fully saturated rings. The van der Waals surface area contributed by atoms with Crippen LogP contribution >= 0.6 is 0 Å². The summed E-state index contributed by atoms with van der Waals surface area (Å²) in [6.07, 6.45) is 7.46. The van der Waals surface area contributed by atoms with Gasteiger partial charge in [-0.25, -0.2) is 4.98 Å². The van der Waals surface area contributed by atoms with E-state index in [4.69, 9.17) is 15.2 Å². The molecule has 2 N–H and O–H groups in total. The first kappa shape index (κ1) is 10.8. The first-order valence-corrected chi connectivity index (χ1v) is 6.29. The van der Waals surface area contributed by atoms with Gasteiger partial charge in [0.25, 0.3) is 0 Å². The average molecular weight is 234 g/mol. The van der Waals surface area contributed by atoms with Crippen LogP contribution in [0, 0.1) is 0 Å². The normalized spacial score (nSPS) is 26.5. The molecule has 2 aliphatic rings. The smallest absolute Gasteiger partial charge is 0.166 e. The van der Waals surface area contributed by atoms with Crippen LogP contribution < -0.4 is 10.5 Å². The molecule has 1 aromatic heterocycles. The number of nitrogens with zero attached hydrogens (tertiary/aromatic N) is 1. The largest absolute Gasteiger partial charge is 0.486 e. The van der Waals surface area contributed by atoms with Gasteiger partial charge in [0.15, 0.2) is 11.6 Å². The van der Waals surface area contributed by atoms with Crippen molar-refractivity contribution >= 4 is 5.82 Å². The lowest BCUT2D eigenvalue weighted by Gasteiger charge is -2.46. The lowest BCUT2D eigenvalue weighted by molar-refractivity contribution is -0.153. The van der Waals surface area contributed by atoms with Crippen LogP contribution in [0.2, 0.25) is 0 Å². The van der Waals surface area contributed by atoms with Crippen molar-refractivity contribution in [2.45, 2.75) is 43.8 Å². The van der Waals surface area contributed by atoms with Crippen molar-refractivity contribution in [1.29, 1.82) is 0 Å². The molecule has 2 heterocycles. The zero-order chi connectivity index (χ0) is 11.7. The van der Waals surface area contributed by atoms with Gasteiger partial charge in [0.1, 0.15) is 6.10 Å². The third-order valence-electron chi connectivity index (χ3n) is 3.81. The lowest BCUT2D eigenvalue weighted by atomic mass is 9.74. The number of nitrogens with two attached hydrogens (primary N) is 1. The van der Waals surface area contributed by atoms with Crippen LogP contribution in [0.25, 0.3) is 0 Å². The van der Waals surface area contributed by atoms with Crippen molar-refractivity contribution in [3.63, 3.8) is 0 Å². The third-order valence-corrected chi connectivity index (χ3v) is 3.81. The van der Waals surface area contributed by atoms with E-state index in [1.807, 2.05) is 12.1 Å². The fraction of sp³-hybridized carbons (Fsp3) is 0.615. The van der Waals surface area contributed by atoms with E-state index in [0.717, 1.165) is 19.4 Å². The van der Waals surface area contributed by atoms with E-state index in [0.29, 0.717) is 11.6 Å². The predicted molar refractivity (Wildman–Crippen MR) is 64.8 cm³/mol. The lowest BCUT2D eigenvalue weighted by Crippen LogP contribution is -2.48. The number of hydrogen-bond acceptors (Lipinski definition) is 4. The molecule has 1 aromatic rings. The van der Waals surface area contributed by atoms with E-state index in [1.54, 1.807) is 6.20 Å². The maximum absolute atomic E-state index is 5.95. The monoisotopic (exact) mass is 234 g/mol. The molecule has 0 amide bonds. The highest BCUT2D eigenvalue weighted by molar-refractivity contribution is 5.44. The van der Waals surface area contributed by atoms with Gasteiger partial charge in [0, 0.05) is 19.0 Å². The Hall–Kier alpha value is -1.29. The van der Waals surface area contributed by atoms with Crippen LogP contribution in [0.1, 0.15) is 32.1 Å². The van der Waals surface area contributed by atoms with Crippen LogP contribution in [0.5, 0.6) is 5.75 Å². The second kappa shape index (κ2) is 4.18. The maximum atomic E-state index is 5.95. The molecule has 1 saturated carbocycles. The van der Waals surface area contributed by atoms with Gasteiger partial charge in [-0.3, -0.25) is 0 Å². The van der Waals surface area contributed by atoms with Gasteiger partial charge in [-0.1, -0.05) is 0 Å². The molecule has 1 saturated heterocycles. The Kier molecular flexibility index (Phi) is 2.67. The molecule has 1 aliphatic heterocycles. The highest BCUT2D eigenvalue weighted by Gasteiger charge is 2.43. The van der Waals surface area contributed by atoms with E-state index >= 15 is 0 Å². The Morgan fingerprint density at radius 2 is 2.35 bits per heavy atom. The van der Waals surface area contributed by atoms with Crippen LogP contribution in [-0.4, -0.2) is 23.3 Å². The van der Waals surface area contributed by atoms with E-state index in [9.17, 15) is 0 Å². The van der Waals surface area contributed by atoms with Crippen molar-refractivity contribution in [3.05, 3.63) is 18.3 Å². The Bertz CT molecular complexity index is 404. The summed E-state index contributed by atoms with van der Waals surface area (Å²) in [5, 5.41) is 0. The van der Waals surface area contributed by atoms with Crippen molar-refractivity contribution in [2.75, 3.05) is 12.3 Å². The number of pyridine rings is 1. The third kappa shape index (κ3) is 2.09. The second-order valence-corrected chi connectivity index (χ2v) is 5.00. The fourth-order valence-electron chi connectivity index (χ4n) is 2.68. The standard InChI is InChI=1S/C13H18N2O2/c14-12-11(3-1-7-15-12)17-10-4-8-16-13(9-10)5-2-6-13/h1,3,7,10H,2,4-6,8-9H2,(H2,14,15). The molecule has 4 nitrogen and oxygen atoms in total. The van der Waals surface area contributed by atoms with Crippen molar-refractivity contribution in [2.24, 2.45) is 0 Å². The zero-order valence-electron chi connectivity index (χ0n) is 9.89. The first-order valence-electron chi connectivity index (χ1n) is 6.29. The molecule has 0 aromatic carbocycles. The summed E-state index contributed by atoms with van der Waals surface area (Å²) >= 11 is 0. The molecule has 1 unspecified atom stereocenters. The molecule has 92 valence electrons. The Balaban J connectivity index is 1.67. The second-order valence-electron chi connectivity index (χ2n) is 5.00. The fourth-order valence-corrected chi connectivity index (χ4v) is 2.68. The molecular formula is C13H18N2O2. The van der Waals surface area contributed by atoms with Gasteiger partial charge in [0.2, 0.25) is 0 Å². The summed E-state index contributed by atoms with van der Waals surface area (Å²) in [6.45, 7) is 0.796. The minimum atomic E-state index is 0.111. The van der Waals surface area contributed by atoms with Gasteiger partial charge in [-0.15, -0.1) is 0 Å². The van der Waals surface area contributed by atoms with E-state index in [-0.39, 0.29) is 11.7 Å². The quantitative estimate of drug-likeness (QED) is 0.851. The van der Waals surface area contributed by atoms with Gasteiger partial charge in [-0.05, 0) is 31.4 Å². The van der Waals surface area contributed by atoms with Crippen LogP contribution in [0.15, 0.2) is 18.3 Å². The Morgan fingerprint density at radius 3 is 3.06 bits per heavy atom. The molecule has 4 heteroatoms. The van der Waals surface area contributed by atoms with E-state index in [1.165, 1.54) is 19.3 Å². The number of nitrogen functional groups attached to an aromatic ring is 1. The number of rotatable bonds is 2. The zero-order valence-corrected chi connectivity index (χ0v) is 9.89. The molecule has 1 spiro atoms. The Morgan fingerprint density at radius 1 is 1.47 bits per heavy atom. The maximum Gasteiger partial charge on any atom is 0.166 e. The van der Waals surface area contributed by atoms with Gasteiger partial charge in [0.05, 0.1) is 12.2 Å². The number of anilines is 1. The molecule has 17 heavy (non-hydrogen) atoms. The summed E-state index contributed by atoms with van der Waals surface area (Å²) in [5.41, 5.74) is 5.90. The number of aromatic nitrogens is 1. The van der Waals surface area contributed by atoms with Gasteiger partial charge >= 0.3 is 0 Å². The molecule has 0 bridgehead atoms. The number of ether oxygens (including phenoxy) is 2.